The highest BCUT2D eigenvalue weighted by Gasteiger charge is 2.43. The zero-order chi connectivity index (χ0) is 29.9. The van der Waals surface area contributed by atoms with Gasteiger partial charge in [0.05, 0.1) is 23.4 Å². The maximum absolute atomic E-state index is 13.6. The Morgan fingerprint density at radius 3 is 2.56 bits per heavy atom. The fraction of sp³-hybridized carbons (Fsp3) is 0.515. The number of benzene rings is 1. The zero-order valence-electron chi connectivity index (χ0n) is 24.9. The van der Waals surface area contributed by atoms with Gasteiger partial charge in [-0.2, -0.15) is 0 Å². The molecule has 2 saturated heterocycles. The summed E-state index contributed by atoms with van der Waals surface area (Å²) in [7, 11) is 0. The molecule has 2 N–H and O–H groups in total. The number of nitrogens with zero attached hydrogens (tertiary/aromatic N) is 4. The third-order valence-corrected chi connectivity index (χ3v) is 10.1. The lowest BCUT2D eigenvalue weighted by atomic mass is 9.84. The maximum atomic E-state index is 13.6. The average molecular weight is 586 g/mol. The van der Waals surface area contributed by atoms with E-state index in [4.69, 9.17) is 9.72 Å². The number of rotatable bonds is 4. The first-order valence-electron chi connectivity index (χ1n) is 15.8. The molecular formula is C33H39N5O5. The third-order valence-electron chi connectivity index (χ3n) is 10.1. The predicted molar refractivity (Wildman–Crippen MR) is 162 cm³/mol. The minimum absolute atomic E-state index is 0.0899. The van der Waals surface area contributed by atoms with Crippen molar-refractivity contribution in [3.8, 4) is 17.1 Å². The number of piperidine rings is 2. The Hall–Kier alpha value is -3.76. The topological polar surface area (TPSA) is 117 Å². The van der Waals surface area contributed by atoms with Gasteiger partial charge in [0.15, 0.2) is 5.60 Å². The molecule has 6 heterocycles. The van der Waals surface area contributed by atoms with Gasteiger partial charge in [0.25, 0.3) is 11.5 Å². The lowest BCUT2D eigenvalue weighted by Crippen LogP contribution is -2.50. The zero-order valence-corrected chi connectivity index (χ0v) is 24.9. The van der Waals surface area contributed by atoms with Crippen LogP contribution in [0.25, 0.3) is 22.3 Å². The Morgan fingerprint density at radius 2 is 1.84 bits per heavy atom. The fourth-order valence-corrected chi connectivity index (χ4v) is 7.59. The number of fused-ring (bicyclic) bond motifs is 5. The molecule has 0 spiro atoms. The monoisotopic (exact) mass is 585 g/mol. The number of carbonyl (C=O) groups is 2. The second-order valence-corrected chi connectivity index (χ2v) is 12.3. The first kappa shape index (κ1) is 28.0. The molecule has 10 heteroatoms. The molecule has 0 radical (unpaired) electrons. The molecule has 4 aliphatic heterocycles. The molecule has 0 bridgehead atoms. The van der Waals surface area contributed by atoms with E-state index in [1.807, 2.05) is 17.0 Å². The summed E-state index contributed by atoms with van der Waals surface area (Å²) in [4.78, 5) is 48.7. The smallest absolute Gasteiger partial charge is 0.410 e. The molecule has 0 saturated carbocycles. The van der Waals surface area contributed by atoms with Crippen LogP contribution in [-0.2, 0) is 29.9 Å². The van der Waals surface area contributed by atoms with Crippen LogP contribution in [0.2, 0.25) is 0 Å². The Labute approximate surface area is 250 Å². The van der Waals surface area contributed by atoms with Crippen LogP contribution in [0.3, 0.4) is 0 Å². The van der Waals surface area contributed by atoms with E-state index in [0.717, 1.165) is 34.9 Å². The van der Waals surface area contributed by atoms with Gasteiger partial charge in [-0.05, 0) is 81.4 Å². The molecule has 2 amide bonds. The second-order valence-electron chi connectivity index (χ2n) is 12.3. The first-order valence-corrected chi connectivity index (χ1v) is 15.8. The number of ether oxygens (including phenoxy) is 1. The van der Waals surface area contributed by atoms with Crippen LogP contribution in [0.1, 0.15) is 74.6 Å². The number of hydrogen-bond acceptors (Lipinski definition) is 7. The molecule has 1 atom stereocenters. The van der Waals surface area contributed by atoms with E-state index in [0.29, 0.717) is 60.4 Å². The van der Waals surface area contributed by atoms with Gasteiger partial charge in [0, 0.05) is 47.8 Å². The predicted octanol–water partition coefficient (Wildman–Crippen LogP) is 3.66. The molecule has 43 heavy (non-hydrogen) atoms. The number of pyridine rings is 2. The van der Waals surface area contributed by atoms with Gasteiger partial charge in [-0.15, -0.1) is 0 Å². The normalized spacial score (nSPS) is 22.2. The Balaban J connectivity index is 1.16. The quantitative estimate of drug-likeness (QED) is 0.375. The molecule has 226 valence electrons. The van der Waals surface area contributed by atoms with Crippen molar-refractivity contribution in [2.45, 2.75) is 83.5 Å². The molecule has 4 aliphatic rings. The van der Waals surface area contributed by atoms with Crippen molar-refractivity contribution in [3.63, 3.8) is 0 Å². The summed E-state index contributed by atoms with van der Waals surface area (Å²) in [6.45, 7) is 7.99. The third kappa shape index (κ3) is 4.53. The largest absolute Gasteiger partial charge is 0.415 e. The summed E-state index contributed by atoms with van der Waals surface area (Å²) in [5.74, 6) is -0.00734. The van der Waals surface area contributed by atoms with Crippen LogP contribution in [0.5, 0.6) is 5.75 Å². The summed E-state index contributed by atoms with van der Waals surface area (Å²) in [6.07, 6.45) is 6.36. The van der Waals surface area contributed by atoms with E-state index in [1.54, 1.807) is 23.6 Å². The van der Waals surface area contributed by atoms with E-state index in [1.165, 1.54) is 32.4 Å². The molecule has 3 aromatic rings. The van der Waals surface area contributed by atoms with Crippen LogP contribution < -0.4 is 15.6 Å². The highest BCUT2D eigenvalue weighted by Crippen LogP contribution is 2.40. The van der Waals surface area contributed by atoms with Crippen LogP contribution in [0.4, 0.5) is 4.79 Å². The maximum Gasteiger partial charge on any atom is 0.415 e. The second kappa shape index (κ2) is 10.7. The standard InChI is InChI=1S/C33H39N5O5/c1-3-22-23-16-21(43-32(41)37-14-10-20(11-15-37)36-12-6-5-7-13-36)8-9-27(23)35-29-25(22)19-38-28(29)17-26-24(30(38)39)18-34-31(40)33(26,42)4-2/h8-9,16-17,20,42H,3-7,10-15,18-19H2,1-2H3,(H,34,40)/t33-/m0/s1. The van der Waals surface area contributed by atoms with Crippen molar-refractivity contribution in [3.05, 3.63) is 56.9 Å². The highest BCUT2D eigenvalue weighted by atomic mass is 16.6. The van der Waals surface area contributed by atoms with Gasteiger partial charge < -0.3 is 29.5 Å². The minimum Gasteiger partial charge on any atom is -0.410 e. The Kier molecular flexibility index (Phi) is 7.01. The van der Waals surface area contributed by atoms with E-state index in [9.17, 15) is 19.5 Å². The van der Waals surface area contributed by atoms with Gasteiger partial charge in [0.2, 0.25) is 0 Å². The van der Waals surface area contributed by atoms with Gasteiger partial charge in [-0.1, -0.05) is 20.3 Å². The van der Waals surface area contributed by atoms with E-state index >= 15 is 0 Å². The van der Waals surface area contributed by atoms with Gasteiger partial charge in [-0.25, -0.2) is 9.78 Å². The summed E-state index contributed by atoms with van der Waals surface area (Å²) in [6, 6.07) is 7.84. The lowest BCUT2D eigenvalue weighted by Gasteiger charge is -2.39. The van der Waals surface area contributed by atoms with Crippen molar-refractivity contribution in [2.24, 2.45) is 0 Å². The number of carbonyl (C=O) groups excluding carboxylic acids is 2. The molecule has 1 aromatic carbocycles. The fourth-order valence-electron chi connectivity index (χ4n) is 7.59. The summed E-state index contributed by atoms with van der Waals surface area (Å²) in [5, 5.41) is 14.8. The summed E-state index contributed by atoms with van der Waals surface area (Å²) >= 11 is 0. The number of aryl methyl sites for hydroxylation is 1. The van der Waals surface area contributed by atoms with Crippen LogP contribution in [0.15, 0.2) is 29.1 Å². The summed E-state index contributed by atoms with van der Waals surface area (Å²) in [5.41, 5.74) is 2.83. The molecule has 10 nitrogen and oxygen atoms in total. The minimum atomic E-state index is -1.75. The molecule has 7 rings (SSSR count). The van der Waals surface area contributed by atoms with Crippen LogP contribution in [-0.4, -0.2) is 68.7 Å². The molecule has 0 aliphatic carbocycles. The number of aromatic nitrogens is 2. The van der Waals surface area contributed by atoms with Gasteiger partial charge in [0.1, 0.15) is 5.75 Å². The molecule has 0 unspecified atom stereocenters. The van der Waals surface area contributed by atoms with Crippen molar-refractivity contribution >= 4 is 22.9 Å². The van der Waals surface area contributed by atoms with Gasteiger partial charge >= 0.3 is 6.09 Å². The van der Waals surface area contributed by atoms with Crippen LogP contribution in [0, 0.1) is 0 Å². The van der Waals surface area contributed by atoms with Crippen molar-refractivity contribution in [1.82, 2.24) is 24.7 Å². The Bertz CT molecular complexity index is 1690. The number of hydrogen-bond donors (Lipinski definition) is 2. The average Bonchev–Trinajstić information content (AvgIpc) is 3.41. The van der Waals surface area contributed by atoms with Crippen molar-refractivity contribution in [2.75, 3.05) is 26.2 Å². The Morgan fingerprint density at radius 1 is 1.07 bits per heavy atom. The number of amides is 2. The molecule has 2 aromatic heterocycles. The molecule has 2 fully saturated rings. The number of likely N-dealkylation sites (tertiary alicyclic amines) is 2. The molecular weight excluding hydrogens is 546 g/mol. The van der Waals surface area contributed by atoms with Crippen LogP contribution >= 0.6 is 0 Å². The van der Waals surface area contributed by atoms with Crippen molar-refractivity contribution < 1.29 is 19.4 Å². The van der Waals surface area contributed by atoms with Crippen molar-refractivity contribution in [1.29, 1.82) is 0 Å². The first-order chi connectivity index (χ1) is 20.8. The van der Waals surface area contributed by atoms with Gasteiger partial charge in [-0.3, -0.25) is 9.59 Å². The lowest BCUT2D eigenvalue weighted by molar-refractivity contribution is -0.142. The van der Waals surface area contributed by atoms with E-state index in [-0.39, 0.29) is 24.6 Å². The SMILES string of the molecule is CCc1c2c(nc3ccc(OC(=O)N4CCC(N5CCCCC5)CC4)cc13)-c1cc3c(c(=O)n1C2)CNC(=O)[C@]3(O)CC. The number of nitrogens with one attached hydrogen (secondary N) is 1. The summed E-state index contributed by atoms with van der Waals surface area (Å²) < 4.78 is 7.57. The van der Waals surface area contributed by atoms with E-state index < -0.39 is 11.5 Å². The number of aliphatic hydroxyl groups is 1. The van der Waals surface area contributed by atoms with E-state index in [2.05, 4.69) is 17.1 Å². The highest BCUT2D eigenvalue weighted by molar-refractivity contribution is 5.91.